The molecule has 1 atom stereocenters. The lowest BCUT2D eigenvalue weighted by molar-refractivity contribution is -0.136. The van der Waals surface area contributed by atoms with Crippen molar-refractivity contribution in [3.63, 3.8) is 0 Å². The highest BCUT2D eigenvalue weighted by molar-refractivity contribution is 6.05. The zero-order valence-corrected chi connectivity index (χ0v) is 17.5. The molecule has 1 fully saturated rings. The van der Waals surface area contributed by atoms with Crippen molar-refractivity contribution < 1.29 is 19.2 Å². The highest BCUT2D eigenvalue weighted by atomic mass is 16.2. The molecule has 0 bridgehead atoms. The van der Waals surface area contributed by atoms with Gasteiger partial charge < -0.3 is 10.6 Å². The highest BCUT2D eigenvalue weighted by Gasteiger charge is 2.39. The van der Waals surface area contributed by atoms with Gasteiger partial charge in [0.05, 0.1) is 0 Å². The summed E-state index contributed by atoms with van der Waals surface area (Å²) in [5.74, 6) is -1.42. The summed E-state index contributed by atoms with van der Waals surface area (Å²) >= 11 is 0. The number of allylic oxidation sites excluding steroid dienone is 1. The Morgan fingerprint density at radius 1 is 1.22 bits per heavy atom. The van der Waals surface area contributed by atoms with Crippen LogP contribution in [0.1, 0.15) is 63.2 Å². The quantitative estimate of drug-likeness (QED) is 0.512. The Labute approximate surface area is 185 Å². The second kappa shape index (κ2) is 9.13. The van der Waals surface area contributed by atoms with Crippen LogP contribution in [0.5, 0.6) is 0 Å². The van der Waals surface area contributed by atoms with Crippen molar-refractivity contribution in [2.45, 2.75) is 44.7 Å². The summed E-state index contributed by atoms with van der Waals surface area (Å²) in [6, 6.07) is 8.58. The van der Waals surface area contributed by atoms with Gasteiger partial charge in [0.15, 0.2) is 0 Å². The normalized spacial score (nSPS) is 18.2. The second-order valence-corrected chi connectivity index (χ2v) is 7.94. The van der Waals surface area contributed by atoms with Crippen molar-refractivity contribution in [2.75, 3.05) is 0 Å². The Bertz CT molecular complexity index is 1120. The number of piperidine rings is 1. The summed E-state index contributed by atoms with van der Waals surface area (Å²) in [6.45, 7) is 0.346. The lowest BCUT2D eigenvalue weighted by Crippen LogP contribution is -2.52. The van der Waals surface area contributed by atoms with Crippen LogP contribution in [-0.2, 0) is 22.6 Å². The maximum absolute atomic E-state index is 12.9. The number of carbonyl (C=O) groups is 4. The van der Waals surface area contributed by atoms with Crippen molar-refractivity contribution in [1.29, 1.82) is 0 Å². The number of imide groups is 1. The van der Waals surface area contributed by atoms with Gasteiger partial charge in [0.2, 0.25) is 11.8 Å². The number of nitrogens with two attached hydrogens (primary N) is 1. The van der Waals surface area contributed by atoms with Gasteiger partial charge in [-0.3, -0.25) is 29.5 Å². The predicted molar refractivity (Wildman–Crippen MR) is 117 cm³/mol. The molecular formula is C24H24N4O4. The topological polar surface area (TPSA) is 122 Å². The summed E-state index contributed by atoms with van der Waals surface area (Å²) in [4.78, 5) is 53.6. The van der Waals surface area contributed by atoms with Crippen molar-refractivity contribution in [3.8, 4) is 0 Å². The zero-order valence-electron chi connectivity index (χ0n) is 17.5. The monoisotopic (exact) mass is 432 g/mol. The molecule has 1 aromatic carbocycles. The zero-order chi connectivity index (χ0) is 22.7. The Morgan fingerprint density at radius 2 is 2.06 bits per heavy atom. The van der Waals surface area contributed by atoms with E-state index in [2.05, 4.69) is 10.3 Å². The molecule has 32 heavy (non-hydrogen) atoms. The summed E-state index contributed by atoms with van der Waals surface area (Å²) in [7, 11) is 0. The molecule has 2 aliphatic rings. The highest BCUT2D eigenvalue weighted by Crippen LogP contribution is 2.30. The molecular weight excluding hydrogens is 408 g/mol. The second-order valence-electron chi connectivity index (χ2n) is 7.94. The average Bonchev–Trinajstić information content (AvgIpc) is 3.11. The molecule has 1 unspecified atom stereocenters. The van der Waals surface area contributed by atoms with E-state index < -0.39 is 17.9 Å². The number of hydrogen-bond donors (Lipinski definition) is 2. The largest absolute Gasteiger partial charge is 0.364 e. The number of rotatable bonds is 7. The molecule has 4 rings (SSSR count). The number of pyridine rings is 1. The molecule has 4 amide bonds. The first kappa shape index (κ1) is 21.4. The molecule has 164 valence electrons. The van der Waals surface area contributed by atoms with E-state index in [0.29, 0.717) is 30.6 Å². The van der Waals surface area contributed by atoms with E-state index in [1.54, 1.807) is 23.2 Å². The van der Waals surface area contributed by atoms with Crippen LogP contribution in [0.2, 0.25) is 0 Å². The Kier molecular flexibility index (Phi) is 6.11. The first-order valence-electron chi connectivity index (χ1n) is 10.6. The van der Waals surface area contributed by atoms with Gasteiger partial charge in [-0.05, 0) is 54.5 Å². The minimum atomic E-state index is -0.622. The van der Waals surface area contributed by atoms with E-state index in [1.807, 2.05) is 30.4 Å². The van der Waals surface area contributed by atoms with E-state index in [4.69, 9.17) is 5.73 Å². The van der Waals surface area contributed by atoms with Gasteiger partial charge in [-0.2, -0.15) is 0 Å². The number of hydrogen-bond acceptors (Lipinski definition) is 5. The van der Waals surface area contributed by atoms with Crippen LogP contribution in [-0.4, -0.2) is 39.6 Å². The molecule has 3 heterocycles. The van der Waals surface area contributed by atoms with Crippen LogP contribution in [0, 0.1) is 0 Å². The van der Waals surface area contributed by atoms with Gasteiger partial charge in [0, 0.05) is 24.7 Å². The number of aromatic nitrogens is 1. The minimum Gasteiger partial charge on any atom is -0.364 e. The number of carbonyl (C=O) groups excluding carboxylic acids is 4. The van der Waals surface area contributed by atoms with Crippen LogP contribution >= 0.6 is 0 Å². The van der Waals surface area contributed by atoms with Gasteiger partial charge in [-0.1, -0.05) is 30.4 Å². The van der Waals surface area contributed by atoms with Gasteiger partial charge in [0.25, 0.3) is 11.8 Å². The van der Waals surface area contributed by atoms with Crippen molar-refractivity contribution in [1.82, 2.24) is 15.2 Å². The minimum absolute atomic E-state index is 0.180. The number of nitrogens with zero attached hydrogens (tertiary/aromatic N) is 2. The fourth-order valence-corrected chi connectivity index (χ4v) is 4.25. The van der Waals surface area contributed by atoms with Gasteiger partial charge in [-0.25, -0.2) is 0 Å². The van der Waals surface area contributed by atoms with Gasteiger partial charge >= 0.3 is 0 Å². The molecule has 8 heteroatoms. The average molecular weight is 432 g/mol. The first-order chi connectivity index (χ1) is 15.5. The SMILES string of the molecule is NC(=O)c1ncccc1CCCC=Cc1cccc2c1CN(C1CCC(=O)NC1=O)C2=O. The molecule has 0 aliphatic carbocycles. The van der Waals surface area contributed by atoms with Crippen molar-refractivity contribution in [3.05, 3.63) is 70.6 Å². The number of fused-ring (bicyclic) bond motifs is 1. The van der Waals surface area contributed by atoms with Crippen LogP contribution in [0.3, 0.4) is 0 Å². The van der Waals surface area contributed by atoms with E-state index in [9.17, 15) is 19.2 Å². The Morgan fingerprint density at radius 3 is 2.84 bits per heavy atom. The maximum Gasteiger partial charge on any atom is 0.267 e. The Balaban J connectivity index is 1.41. The molecule has 0 radical (unpaired) electrons. The lowest BCUT2D eigenvalue weighted by atomic mass is 10.0. The number of unbranched alkanes of at least 4 members (excludes halogenated alkanes) is 1. The smallest absolute Gasteiger partial charge is 0.267 e. The molecule has 0 saturated carbocycles. The molecule has 1 saturated heterocycles. The number of nitrogens with one attached hydrogen (secondary N) is 1. The molecule has 2 aliphatic heterocycles. The van der Waals surface area contributed by atoms with E-state index in [-0.39, 0.29) is 18.2 Å². The summed E-state index contributed by atoms with van der Waals surface area (Å²) in [5.41, 5.74) is 8.94. The lowest BCUT2D eigenvalue weighted by Gasteiger charge is -2.29. The summed E-state index contributed by atoms with van der Waals surface area (Å²) < 4.78 is 0. The summed E-state index contributed by atoms with van der Waals surface area (Å²) in [6.07, 6.45) is 8.44. The third kappa shape index (κ3) is 4.30. The van der Waals surface area contributed by atoms with E-state index in [0.717, 1.165) is 29.5 Å². The molecule has 2 aromatic rings. The fourth-order valence-electron chi connectivity index (χ4n) is 4.25. The molecule has 0 spiro atoms. The fraction of sp³-hybridized carbons (Fsp3) is 0.292. The van der Waals surface area contributed by atoms with Crippen LogP contribution < -0.4 is 11.1 Å². The van der Waals surface area contributed by atoms with Crippen molar-refractivity contribution >= 4 is 29.7 Å². The van der Waals surface area contributed by atoms with Crippen LogP contribution in [0.25, 0.3) is 6.08 Å². The third-order valence-electron chi connectivity index (χ3n) is 5.86. The predicted octanol–water partition coefficient (Wildman–Crippen LogP) is 1.98. The van der Waals surface area contributed by atoms with Crippen molar-refractivity contribution in [2.24, 2.45) is 5.73 Å². The van der Waals surface area contributed by atoms with Gasteiger partial charge in [-0.15, -0.1) is 0 Å². The molecule has 1 aromatic heterocycles. The standard InChI is InChI=1S/C24H24N4O4/c25-22(30)21-16(9-5-13-26-21)7-3-1-2-6-15-8-4-10-17-18(15)14-28(24(17)32)19-11-12-20(29)27-23(19)31/h2,4-6,8-10,13,19H,1,3,7,11-12,14H2,(H2,25,30)(H,27,29,31). The number of amides is 4. The van der Waals surface area contributed by atoms with E-state index >= 15 is 0 Å². The van der Waals surface area contributed by atoms with Crippen LogP contribution in [0.15, 0.2) is 42.6 Å². The van der Waals surface area contributed by atoms with E-state index in [1.165, 1.54) is 0 Å². The molecule has 8 nitrogen and oxygen atoms in total. The third-order valence-corrected chi connectivity index (χ3v) is 5.86. The number of aryl methyl sites for hydroxylation is 1. The Hall–Kier alpha value is -3.81. The number of primary amides is 1. The maximum atomic E-state index is 12.9. The first-order valence-corrected chi connectivity index (χ1v) is 10.6. The number of benzene rings is 1. The molecule has 3 N–H and O–H groups in total. The van der Waals surface area contributed by atoms with Gasteiger partial charge in [0.1, 0.15) is 11.7 Å². The van der Waals surface area contributed by atoms with Crippen LogP contribution in [0.4, 0.5) is 0 Å². The summed E-state index contributed by atoms with van der Waals surface area (Å²) in [5, 5.41) is 2.32.